The summed E-state index contributed by atoms with van der Waals surface area (Å²) in [6, 6.07) is 0. The second-order valence-corrected chi connectivity index (χ2v) is 15.2. The molecule has 0 amide bonds. The monoisotopic (exact) mass is 717 g/mol. The first kappa shape index (κ1) is 47.8. The van der Waals surface area contributed by atoms with Crippen LogP contribution in [0.5, 0.6) is 0 Å². The number of unbranched alkanes of at least 4 members (excludes halogenated alkanes) is 26. The molecule has 0 rings (SSSR count). The average Bonchev–Trinajstić information content (AvgIpc) is 3.07. The van der Waals surface area contributed by atoms with Gasteiger partial charge in [-0.3, -0.25) is 14.1 Å². The summed E-state index contributed by atoms with van der Waals surface area (Å²) >= 11 is 0. The molecule has 0 aliphatic heterocycles. The van der Waals surface area contributed by atoms with Crippen molar-refractivity contribution in [3.8, 4) is 0 Å². The molecule has 290 valence electrons. The number of ether oxygens (including phenoxy) is 2. The quantitative estimate of drug-likeness (QED) is 0.0280. The highest BCUT2D eigenvalue weighted by Gasteiger charge is 2.22. The maximum Gasteiger partial charge on any atom is 0.469 e. The Balaban J connectivity index is 3.88. The summed E-state index contributed by atoms with van der Waals surface area (Å²) in [5, 5.41) is 0. The van der Waals surface area contributed by atoms with E-state index in [1.165, 1.54) is 141 Å². The molecule has 0 aromatic heterocycles. The van der Waals surface area contributed by atoms with Crippen LogP contribution in [0, 0.1) is 0 Å². The van der Waals surface area contributed by atoms with E-state index < -0.39 is 32.5 Å². The number of phosphoric ester groups is 1. The number of hydrogen-bond acceptors (Lipinski definition) is 6. The molecule has 0 aliphatic rings. The zero-order chi connectivity index (χ0) is 36.1. The molecule has 0 aromatic rings. The molecule has 0 saturated carbocycles. The molecule has 49 heavy (non-hydrogen) atoms. The molecule has 0 aliphatic carbocycles. The van der Waals surface area contributed by atoms with Crippen LogP contribution in [0.2, 0.25) is 0 Å². The van der Waals surface area contributed by atoms with Gasteiger partial charge in [0.05, 0.1) is 6.61 Å². The van der Waals surface area contributed by atoms with Gasteiger partial charge in [-0.15, -0.1) is 0 Å². The van der Waals surface area contributed by atoms with Crippen LogP contribution in [-0.2, 0) is 28.2 Å². The second-order valence-electron chi connectivity index (χ2n) is 14.0. The highest BCUT2D eigenvalue weighted by Crippen LogP contribution is 2.36. The fraction of sp³-hybridized carbons (Fsp3) is 0.900. The van der Waals surface area contributed by atoms with Crippen LogP contribution in [0.4, 0.5) is 0 Å². The minimum Gasteiger partial charge on any atom is -0.462 e. The van der Waals surface area contributed by atoms with E-state index in [-0.39, 0.29) is 19.4 Å². The fourth-order valence-electron chi connectivity index (χ4n) is 5.96. The van der Waals surface area contributed by atoms with Gasteiger partial charge < -0.3 is 19.3 Å². The third kappa shape index (κ3) is 39.4. The molecule has 0 bridgehead atoms. The van der Waals surface area contributed by atoms with Crippen molar-refractivity contribution < 1.29 is 37.9 Å². The standard InChI is InChI=1S/C40H77O8P/c1-3-5-7-9-11-13-15-17-18-19-20-21-22-23-25-27-29-31-33-35-40(42)48-38(37-47-49(43,44)45)36-46-39(41)34-32-30-28-26-24-16-14-12-10-8-6-4-2/h17-18,38H,3-16,19-37H2,1-2H3,(H2,43,44,45)/b18-17-. The Labute approximate surface area is 301 Å². The van der Waals surface area contributed by atoms with Crippen molar-refractivity contribution in [1.29, 1.82) is 0 Å². The molecule has 0 heterocycles. The Kier molecular flexibility index (Phi) is 35.7. The van der Waals surface area contributed by atoms with Gasteiger partial charge in [0.1, 0.15) is 6.61 Å². The van der Waals surface area contributed by atoms with Crippen molar-refractivity contribution in [2.75, 3.05) is 13.2 Å². The number of esters is 2. The number of hydrogen-bond donors (Lipinski definition) is 2. The van der Waals surface area contributed by atoms with Gasteiger partial charge in [0, 0.05) is 12.8 Å². The van der Waals surface area contributed by atoms with Gasteiger partial charge in [-0.25, -0.2) is 4.57 Å². The highest BCUT2D eigenvalue weighted by atomic mass is 31.2. The molecule has 0 aromatic carbocycles. The molecular formula is C40H77O8P. The highest BCUT2D eigenvalue weighted by molar-refractivity contribution is 7.46. The predicted octanol–water partition coefficient (Wildman–Crippen LogP) is 12.2. The molecule has 2 N–H and O–H groups in total. The summed E-state index contributed by atoms with van der Waals surface area (Å²) in [4.78, 5) is 42.7. The summed E-state index contributed by atoms with van der Waals surface area (Å²) in [6.45, 7) is 3.69. The normalized spacial score (nSPS) is 12.5. The second kappa shape index (κ2) is 36.6. The van der Waals surface area contributed by atoms with Gasteiger partial charge in [0.2, 0.25) is 0 Å². The first-order chi connectivity index (χ1) is 23.8. The maximum atomic E-state index is 12.4. The van der Waals surface area contributed by atoms with E-state index in [1.54, 1.807) is 0 Å². The third-order valence-electron chi connectivity index (χ3n) is 9.03. The largest absolute Gasteiger partial charge is 0.469 e. The third-order valence-corrected chi connectivity index (χ3v) is 9.52. The lowest BCUT2D eigenvalue weighted by molar-refractivity contribution is -0.161. The van der Waals surface area contributed by atoms with Crippen molar-refractivity contribution in [3.05, 3.63) is 12.2 Å². The Hall–Kier alpha value is -1.21. The maximum absolute atomic E-state index is 12.4. The first-order valence-electron chi connectivity index (χ1n) is 20.5. The van der Waals surface area contributed by atoms with E-state index in [0.717, 1.165) is 38.5 Å². The Morgan fingerprint density at radius 3 is 1.24 bits per heavy atom. The van der Waals surface area contributed by atoms with Crippen molar-refractivity contribution >= 4 is 19.8 Å². The van der Waals surface area contributed by atoms with Crippen LogP contribution in [0.15, 0.2) is 12.2 Å². The van der Waals surface area contributed by atoms with Crippen molar-refractivity contribution in [3.63, 3.8) is 0 Å². The molecule has 0 radical (unpaired) electrons. The zero-order valence-electron chi connectivity index (χ0n) is 31.9. The lowest BCUT2D eigenvalue weighted by Gasteiger charge is -2.18. The molecule has 1 unspecified atom stereocenters. The Bertz CT molecular complexity index is 812. The van der Waals surface area contributed by atoms with Crippen molar-refractivity contribution in [2.45, 2.75) is 219 Å². The lowest BCUT2D eigenvalue weighted by Crippen LogP contribution is -2.29. The van der Waals surface area contributed by atoms with Gasteiger partial charge in [-0.1, -0.05) is 174 Å². The van der Waals surface area contributed by atoms with Gasteiger partial charge in [0.25, 0.3) is 0 Å². The van der Waals surface area contributed by atoms with E-state index in [4.69, 9.17) is 19.3 Å². The lowest BCUT2D eigenvalue weighted by atomic mass is 10.0. The van der Waals surface area contributed by atoms with E-state index in [9.17, 15) is 14.2 Å². The molecule has 8 nitrogen and oxygen atoms in total. The molecule has 1 atom stereocenters. The summed E-state index contributed by atoms with van der Waals surface area (Å²) in [6.07, 6.45) is 39.3. The number of phosphoric acid groups is 1. The van der Waals surface area contributed by atoms with Crippen LogP contribution < -0.4 is 0 Å². The van der Waals surface area contributed by atoms with E-state index in [2.05, 4.69) is 30.5 Å². The van der Waals surface area contributed by atoms with E-state index in [1.807, 2.05) is 0 Å². The minimum absolute atomic E-state index is 0.214. The predicted molar refractivity (Wildman–Crippen MR) is 202 cm³/mol. The molecule has 0 fully saturated rings. The number of carbonyl (C=O) groups is 2. The molecular weight excluding hydrogens is 639 g/mol. The zero-order valence-corrected chi connectivity index (χ0v) is 32.8. The number of allylic oxidation sites excluding steroid dienone is 2. The van der Waals surface area contributed by atoms with Crippen LogP contribution >= 0.6 is 7.82 Å². The van der Waals surface area contributed by atoms with Crippen LogP contribution in [-0.4, -0.2) is 41.0 Å². The van der Waals surface area contributed by atoms with Crippen LogP contribution in [0.1, 0.15) is 213 Å². The van der Waals surface area contributed by atoms with E-state index in [0.29, 0.717) is 6.42 Å². The number of rotatable bonds is 38. The van der Waals surface area contributed by atoms with Gasteiger partial charge >= 0.3 is 19.8 Å². The Morgan fingerprint density at radius 1 is 0.510 bits per heavy atom. The summed E-state index contributed by atoms with van der Waals surface area (Å²) in [7, 11) is -4.75. The summed E-state index contributed by atoms with van der Waals surface area (Å²) in [5.74, 6) is -0.878. The summed E-state index contributed by atoms with van der Waals surface area (Å²) in [5.41, 5.74) is 0. The van der Waals surface area contributed by atoms with Crippen LogP contribution in [0.3, 0.4) is 0 Å². The van der Waals surface area contributed by atoms with Gasteiger partial charge in [-0.05, 0) is 38.5 Å². The van der Waals surface area contributed by atoms with Crippen LogP contribution in [0.25, 0.3) is 0 Å². The fourth-order valence-corrected chi connectivity index (χ4v) is 6.32. The average molecular weight is 717 g/mol. The van der Waals surface area contributed by atoms with Gasteiger partial charge in [-0.2, -0.15) is 0 Å². The minimum atomic E-state index is -4.75. The van der Waals surface area contributed by atoms with Crippen molar-refractivity contribution in [1.82, 2.24) is 0 Å². The Morgan fingerprint density at radius 2 is 0.857 bits per heavy atom. The number of carbonyl (C=O) groups excluding carboxylic acids is 2. The van der Waals surface area contributed by atoms with Crippen molar-refractivity contribution in [2.24, 2.45) is 0 Å². The molecule has 0 spiro atoms. The smallest absolute Gasteiger partial charge is 0.462 e. The van der Waals surface area contributed by atoms with Gasteiger partial charge in [0.15, 0.2) is 6.10 Å². The molecule has 9 heteroatoms. The first-order valence-corrected chi connectivity index (χ1v) is 22.0. The molecule has 0 saturated heterocycles. The summed E-state index contributed by atoms with van der Waals surface area (Å²) < 4.78 is 26.3. The van der Waals surface area contributed by atoms with E-state index >= 15 is 0 Å². The topological polar surface area (TPSA) is 119 Å². The SMILES string of the molecule is CCCCCCCC/C=C\CCCCCCCCCCCC(=O)OC(COC(=O)CCCCCCCCCCCCCC)COP(=O)(O)O.